The molecule has 0 aromatic carbocycles. The second-order valence-electron chi connectivity index (χ2n) is 3.82. The zero-order valence-electron chi connectivity index (χ0n) is 9.41. The van der Waals surface area contributed by atoms with Crippen LogP contribution in [0.3, 0.4) is 0 Å². The molecule has 4 heteroatoms. The van der Waals surface area contributed by atoms with E-state index < -0.39 is 0 Å². The first-order valence-electron chi connectivity index (χ1n) is 4.96. The van der Waals surface area contributed by atoms with Crippen molar-refractivity contribution in [2.24, 2.45) is 5.92 Å². The number of ether oxygens (including phenoxy) is 1. The fourth-order valence-electron chi connectivity index (χ4n) is 1.26. The highest BCUT2D eigenvalue weighted by molar-refractivity contribution is 5.72. The molecular weight excluding hydrogens is 182 g/mol. The van der Waals surface area contributed by atoms with Crippen molar-refractivity contribution in [1.82, 2.24) is 5.32 Å². The number of aliphatic hydroxyl groups excluding tert-OH is 1. The summed E-state index contributed by atoms with van der Waals surface area (Å²) in [6.07, 6.45) is 0.374. The molecule has 0 fully saturated rings. The van der Waals surface area contributed by atoms with Gasteiger partial charge in [-0.15, -0.1) is 0 Å². The van der Waals surface area contributed by atoms with E-state index in [-0.39, 0.29) is 24.0 Å². The van der Waals surface area contributed by atoms with Crippen LogP contribution in [0.1, 0.15) is 27.2 Å². The van der Waals surface area contributed by atoms with E-state index in [1.165, 1.54) is 7.11 Å². The minimum atomic E-state index is -0.314. The Morgan fingerprint density at radius 2 is 2.00 bits per heavy atom. The van der Waals surface area contributed by atoms with E-state index in [4.69, 9.17) is 5.11 Å². The van der Waals surface area contributed by atoms with E-state index in [1.54, 1.807) is 6.92 Å². The van der Waals surface area contributed by atoms with Crippen molar-refractivity contribution in [3.63, 3.8) is 0 Å². The van der Waals surface area contributed by atoms with Crippen molar-refractivity contribution in [2.75, 3.05) is 13.7 Å². The molecule has 0 aromatic rings. The topological polar surface area (TPSA) is 58.6 Å². The van der Waals surface area contributed by atoms with Gasteiger partial charge < -0.3 is 15.2 Å². The van der Waals surface area contributed by atoms with Crippen molar-refractivity contribution in [3.05, 3.63) is 0 Å². The third-order valence-electron chi connectivity index (χ3n) is 2.07. The Labute approximate surface area is 85.6 Å². The molecule has 0 saturated heterocycles. The van der Waals surface area contributed by atoms with Crippen LogP contribution in [-0.2, 0) is 9.53 Å². The Morgan fingerprint density at radius 1 is 1.43 bits per heavy atom. The lowest BCUT2D eigenvalue weighted by Gasteiger charge is -2.17. The highest BCUT2D eigenvalue weighted by atomic mass is 16.5. The summed E-state index contributed by atoms with van der Waals surface area (Å²) in [5, 5.41) is 12.3. The molecule has 0 radical (unpaired) electrons. The van der Waals surface area contributed by atoms with Crippen molar-refractivity contribution < 1.29 is 14.6 Å². The molecule has 0 aliphatic carbocycles. The fraction of sp³-hybridized carbons (Fsp3) is 0.900. The minimum Gasteiger partial charge on any atom is -0.469 e. The number of carbonyl (C=O) groups is 1. The molecule has 0 spiro atoms. The van der Waals surface area contributed by atoms with Gasteiger partial charge in [0.25, 0.3) is 0 Å². The first-order valence-corrected chi connectivity index (χ1v) is 4.96. The van der Waals surface area contributed by atoms with Crippen LogP contribution in [0, 0.1) is 5.92 Å². The first kappa shape index (κ1) is 13.4. The molecule has 84 valence electrons. The van der Waals surface area contributed by atoms with Crippen LogP contribution in [-0.4, -0.2) is 36.9 Å². The number of esters is 1. The van der Waals surface area contributed by atoms with Gasteiger partial charge in [-0.25, -0.2) is 0 Å². The quantitative estimate of drug-likeness (QED) is 0.619. The number of hydrogen-bond donors (Lipinski definition) is 2. The monoisotopic (exact) mass is 203 g/mol. The van der Waals surface area contributed by atoms with E-state index >= 15 is 0 Å². The van der Waals surface area contributed by atoms with Crippen LogP contribution >= 0.6 is 0 Å². The SMILES string of the molecule is COC(=O)C(C)CNC(C)CC(C)O. The lowest BCUT2D eigenvalue weighted by Crippen LogP contribution is -2.35. The molecule has 0 aliphatic rings. The zero-order chi connectivity index (χ0) is 11.1. The molecule has 0 heterocycles. The van der Waals surface area contributed by atoms with Gasteiger partial charge in [0.05, 0.1) is 19.1 Å². The van der Waals surface area contributed by atoms with Gasteiger partial charge in [0, 0.05) is 12.6 Å². The van der Waals surface area contributed by atoms with Crippen molar-refractivity contribution in [3.8, 4) is 0 Å². The molecule has 3 atom stereocenters. The average Bonchev–Trinajstić information content (AvgIpc) is 2.11. The van der Waals surface area contributed by atoms with Crippen molar-refractivity contribution >= 4 is 5.97 Å². The summed E-state index contributed by atoms with van der Waals surface area (Å²) in [7, 11) is 1.39. The lowest BCUT2D eigenvalue weighted by atomic mass is 10.1. The molecular formula is C10H21NO3. The molecule has 4 nitrogen and oxygen atoms in total. The molecule has 0 aliphatic heterocycles. The van der Waals surface area contributed by atoms with Crippen LogP contribution < -0.4 is 5.32 Å². The number of hydrogen-bond acceptors (Lipinski definition) is 4. The van der Waals surface area contributed by atoms with Gasteiger partial charge in [-0.1, -0.05) is 6.92 Å². The summed E-state index contributed by atoms with van der Waals surface area (Å²) in [5.74, 6) is -0.349. The summed E-state index contributed by atoms with van der Waals surface area (Å²) >= 11 is 0. The standard InChI is InChI=1S/C10H21NO3/c1-7(10(13)14-4)6-11-8(2)5-9(3)12/h7-9,11-12H,5-6H2,1-4H3. The minimum absolute atomic E-state index is 0.142. The molecule has 2 N–H and O–H groups in total. The van der Waals surface area contributed by atoms with Crippen LogP contribution in [0.5, 0.6) is 0 Å². The highest BCUT2D eigenvalue weighted by Crippen LogP contribution is 2.00. The third kappa shape index (κ3) is 5.94. The summed E-state index contributed by atoms with van der Waals surface area (Å²) in [4.78, 5) is 11.0. The number of nitrogens with one attached hydrogen (secondary N) is 1. The summed E-state index contributed by atoms with van der Waals surface area (Å²) < 4.78 is 4.60. The van der Waals surface area contributed by atoms with Gasteiger partial charge in [0.2, 0.25) is 0 Å². The first-order chi connectivity index (χ1) is 6.47. The molecule has 0 bridgehead atoms. The predicted molar refractivity (Wildman–Crippen MR) is 54.9 cm³/mol. The van der Waals surface area contributed by atoms with Crippen LogP contribution in [0.4, 0.5) is 0 Å². The second-order valence-corrected chi connectivity index (χ2v) is 3.82. The summed E-state index contributed by atoms with van der Waals surface area (Å²) in [6.45, 7) is 6.13. The molecule has 0 rings (SSSR count). The Balaban J connectivity index is 3.65. The fourth-order valence-corrected chi connectivity index (χ4v) is 1.26. The second kappa shape index (κ2) is 6.79. The van der Waals surface area contributed by atoms with E-state index in [0.717, 1.165) is 0 Å². The average molecular weight is 203 g/mol. The van der Waals surface area contributed by atoms with E-state index in [2.05, 4.69) is 10.1 Å². The molecule has 0 amide bonds. The largest absolute Gasteiger partial charge is 0.469 e. The molecule has 0 saturated carbocycles. The van der Waals surface area contributed by atoms with Gasteiger partial charge in [-0.3, -0.25) is 4.79 Å². The van der Waals surface area contributed by atoms with E-state index in [9.17, 15) is 4.79 Å². The predicted octanol–water partition coefficient (Wildman–Crippen LogP) is 0.544. The van der Waals surface area contributed by atoms with Crippen LogP contribution in [0.15, 0.2) is 0 Å². The van der Waals surface area contributed by atoms with Crippen LogP contribution in [0.25, 0.3) is 0 Å². The summed E-state index contributed by atoms with van der Waals surface area (Å²) in [5.41, 5.74) is 0. The maximum atomic E-state index is 11.0. The zero-order valence-corrected chi connectivity index (χ0v) is 9.41. The summed E-state index contributed by atoms with van der Waals surface area (Å²) in [6, 6.07) is 0.210. The van der Waals surface area contributed by atoms with Gasteiger partial charge in [-0.05, 0) is 20.3 Å². The van der Waals surface area contributed by atoms with Crippen molar-refractivity contribution in [1.29, 1.82) is 0 Å². The van der Waals surface area contributed by atoms with Gasteiger partial charge in [0.15, 0.2) is 0 Å². The maximum absolute atomic E-state index is 11.0. The highest BCUT2D eigenvalue weighted by Gasteiger charge is 2.14. The van der Waals surface area contributed by atoms with E-state index in [1.807, 2.05) is 13.8 Å². The lowest BCUT2D eigenvalue weighted by molar-refractivity contribution is -0.144. The maximum Gasteiger partial charge on any atom is 0.309 e. The number of methoxy groups -OCH3 is 1. The number of rotatable bonds is 6. The molecule has 3 unspecified atom stereocenters. The Morgan fingerprint density at radius 3 is 2.43 bits per heavy atom. The number of aliphatic hydroxyl groups is 1. The third-order valence-corrected chi connectivity index (χ3v) is 2.07. The normalized spacial score (nSPS) is 17.2. The smallest absolute Gasteiger partial charge is 0.309 e. The molecule has 14 heavy (non-hydrogen) atoms. The van der Waals surface area contributed by atoms with Gasteiger partial charge in [-0.2, -0.15) is 0 Å². The Bertz CT molecular complexity index is 171. The number of carbonyl (C=O) groups excluding carboxylic acids is 1. The Hall–Kier alpha value is -0.610. The van der Waals surface area contributed by atoms with E-state index in [0.29, 0.717) is 13.0 Å². The Kier molecular flexibility index (Phi) is 6.49. The van der Waals surface area contributed by atoms with Crippen LogP contribution in [0.2, 0.25) is 0 Å². The molecule has 0 aromatic heterocycles. The van der Waals surface area contributed by atoms with Gasteiger partial charge in [0.1, 0.15) is 0 Å². The van der Waals surface area contributed by atoms with Gasteiger partial charge >= 0.3 is 5.97 Å². The van der Waals surface area contributed by atoms with Crippen molar-refractivity contribution in [2.45, 2.75) is 39.3 Å².